The van der Waals surface area contributed by atoms with Crippen molar-refractivity contribution >= 4 is 5.97 Å². The highest BCUT2D eigenvalue weighted by atomic mass is 19.1. The minimum Gasteiger partial charge on any atom is -0.462 e. The van der Waals surface area contributed by atoms with Crippen LogP contribution in [-0.4, -0.2) is 18.7 Å². The predicted octanol–water partition coefficient (Wildman–Crippen LogP) is 4.52. The summed E-state index contributed by atoms with van der Waals surface area (Å²) in [6.45, 7) is 3.70. The van der Waals surface area contributed by atoms with Crippen molar-refractivity contribution in [2.45, 2.75) is 71.4 Å². The Bertz CT molecular complexity index is 300. The molecule has 116 valence electrons. The number of ether oxygens (including phenoxy) is 1. The molecule has 2 nitrogen and oxygen atoms in total. The molecular weight excluding hydrogens is 255 g/mol. The molecule has 0 aromatic rings. The van der Waals surface area contributed by atoms with Crippen LogP contribution in [-0.2, 0) is 9.53 Å². The van der Waals surface area contributed by atoms with E-state index in [4.69, 9.17) is 4.74 Å². The average Bonchev–Trinajstić information content (AvgIpc) is 2.46. The first-order chi connectivity index (χ1) is 9.56. The zero-order valence-electron chi connectivity index (χ0n) is 12.9. The van der Waals surface area contributed by atoms with Gasteiger partial charge in [-0.3, -0.25) is 4.79 Å². The van der Waals surface area contributed by atoms with Gasteiger partial charge in [-0.05, 0) is 63.2 Å². The molecule has 1 atom stereocenters. The molecule has 0 aliphatic heterocycles. The summed E-state index contributed by atoms with van der Waals surface area (Å²) in [5, 5.41) is 0. The van der Waals surface area contributed by atoms with Crippen molar-refractivity contribution in [1.82, 2.24) is 0 Å². The zero-order valence-corrected chi connectivity index (χ0v) is 12.9. The van der Waals surface area contributed by atoms with E-state index >= 15 is 0 Å². The zero-order chi connectivity index (χ0) is 14.5. The van der Waals surface area contributed by atoms with Gasteiger partial charge >= 0.3 is 5.97 Å². The lowest BCUT2D eigenvalue weighted by molar-refractivity contribution is -0.151. The molecule has 0 aromatic heterocycles. The van der Waals surface area contributed by atoms with E-state index in [9.17, 15) is 9.18 Å². The van der Waals surface area contributed by atoms with Gasteiger partial charge in [0.05, 0.1) is 5.92 Å². The maximum Gasteiger partial charge on any atom is 0.309 e. The number of carbonyl (C=O) groups is 1. The Kier molecular flexibility index (Phi) is 5.86. The lowest BCUT2D eigenvalue weighted by Crippen LogP contribution is -2.29. The molecule has 2 aliphatic rings. The maximum absolute atomic E-state index is 12.7. The molecule has 1 unspecified atom stereocenters. The topological polar surface area (TPSA) is 26.3 Å². The van der Waals surface area contributed by atoms with E-state index in [-0.39, 0.29) is 18.5 Å². The van der Waals surface area contributed by atoms with Crippen LogP contribution in [0.1, 0.15) is 65.2 Å². The third-order valence-corrected chi connectivity index (χ3v) is 5.29. The summed E-state index contributed by atoms with van der Waals surface area (Å²) >= 11 is 0. The number of hydrogen-bond donors (Lipinski definition) is 0. The maximum atomic E-state index is 12.7. The molecule has 2 saturated carbocycles. The molecular formula is C17H29FO2. The largest absolute Gasteiger partial charge is 0.462 e. The Hall–Kier alpha value is -0.600. The quantitative estimate of drug-likeness (QED) is 0.709. The first-order valence-electron chi connectivity index (χ1n) is 8.37. The third-order valence-electron chi connectivity index (χ3n) is 5.29. The van der Waals surface area contributed by atoms with E-state index in [0.29, 0.717) is 0 Å². The van der Waals surface area contributed by atoms with Crippen LogP contribution >= 0.6 is 0 Å². The Morgan fingerprint density at radius 2 is 1.55 bits per heavy atom. The second-order valence-electron chi connectivity index (χ2n) is 7.04. The highest BCUT2D eigenvalue weighted by molar-refractivity contribution is 5.72. The monoisotopic (exact) mass is 284 g/mol. The average molecular weight is 284 g/mol. The first-order valence-corrected chi connectivity index (χ1v) is 8.37. The van der Waals surface area contributed by atoms with Crippen molar-refractivity contribution in [2.24, 2.45) is 23.7 Å². The van der Waals surface area contributed by atoms with Crippen molar-refractivity contribution in [2.75, 3.05) is 6.61 Å². The fourth-order valence-electron chi connectivity index (χ4n) is 3.90. The summed E-state index contributed by atoms with van der Waals surface area (Å²) in [6, 6.07) is 0. The molecule has 0 amide bonds. The molecule has 0 N–H and O–H groups in total. The lowest BCUT2D eigenvalue weighted by Gasteiger charge is -2.36. The van der Waals surface area contributed by atoms with Gasteiger partial charge in [0, 0.05) is 0 Å². The van der Waals surface area contributed by atoms with Gasteiger partial charge in [0.1, 0.15) is 12.8 Å². The number of esters is 1. The molecule has 0 aromatic carbocycles. The predicted molar refractivity (Wildman–Crippen MR) is 78.1 cm³/mol. The van der Waals surface area contributed by atoms with Crippen molar-refractivity contribution in [3.8, 4) is 0 Å². The van der Waals surface area contributed by atoms with Crippen molar-refractivity contribution in [3.63, 3.8) is 0 Å². The molecule has 2 rings (SSSR count). The van der Waals surface area contributed by atoms with Crippen LogP contribution in [0, 0.1) is 23.7 Å². The van der Waals surface area contributed by atoms with Gasteiger partial charge in [-0.1, -0.05) is 19.8 Å². The van der Waals surface area contributed by atoms with E-state index < -0.39 is 6.17 Å². The van der Waals surface area contributed by atoms with Crippen molar-refractivity contribution in [3.05, 3.63) is 0 Å². The molecule has 2 aliphatic carbocycles. The van der Waals surface area contributed by atoms with Crippen LogP contribution in [0.3, 0.4) is 0 Å². The van der Waals surface area contributed by atoms with Gasteiger partial charge in [-0.15, -0.1) is 0 Å². The van der Waals surface area contributed by atoms with Crippen LogP contribution in [0.2, 0.25) is 0 Å². The molecule has 0 saturated heterocycles. The molecule has 0 radical (unpaired) electrons. The molecule has 20 heavy (non-hydrogen) atoms. The highest BCUT2D eigenvalue weighted by Crippen LogP contribution is 2.41. The minimum atomic E-state index is -1.06. The summed E-state index contributed by atoms with van der Waals surface area (Å²) in [4.78, 5) is 11.8. The van der Waals surface area contributed by atoms with Crippen LogP contribution in [0.4, 0.5) is 4.39 Å². The van der Waals surface area contributed by atoms with Gasteiger partial charge in [0.25, 0.3) is 0 Å². The number of halogens is 1. The van der Waals surface area contributed by atoms with E-state index in [1.165, 1.54) is 32.6 Å². The van der Waals surface area contributed by atoms with Gasteiger partial charge in [-0.2, -0.15) is 0 Å². The molecule has 0 heterocycles. The normalized spacial score (nSPS) is 36.4. The van der Waals surface area contributed by atoms with Gasteiger partial charge in [0.15, 0.2) is 0 Å². The lowest BCUT2D eigenvalue weighted by atomic mass is 9.69. The second-order valence-corrected chi connectivity index (χ2v) is 7.04. The fraction of sp³-hybridized carbons (Fsp3) is 0.941. The molecule has 0 spiro atoms. The molecule has 3 heteroatoms. The minimum absolute atomic E-state index is 0.0208. The number of hydrogen-bond acceptors (Lipinski definition) is 2. The van der Waals surface area contributed by atoms with Gasteiger partial charge in [-0.25, -0.2) is 4.39 Å². The van der Waals surface area contributed by atoms with Gasteiger partial charge < -0.3 is 4.74 Å². The number of rotatable bonds is 4. The highest BCUT2D eigenvalue weighted by Gasteiger charge is 2.32. The Labute approximate surface area is 122 Å². The summed E-state index contributed by atoms with van der Waals surface area (Å²) in [6.07, 6.45) is 8.64. The number of alkyl halides is 1. The van der Waals surface area contributed by atoms with Crippen LogP contribution in [0.5, 0.6) is 0 Å². The standard InChI is InChI=1S/C17H29FO2/c1-12-3-5-14(6-4-12)15-7-9-16(10-8-15)17(19)20-11-13(2)18/h12-16H,3-11H2,1-2H3. The van der Waals surface area contributed by atoms with Crippen LogP contribution in [0.25, 0.3) is 0 Å². The molecule has 2 fully saturated rings. The summed E-state index contributed by atoms with van der Waals surface area (Å²) in [5.74, 6) is 2.44. The Morgan fingerprint density at radius 3 is 2.05 bits per heavy atom. The van der Waals surface area contributed by atoms with Crippen LogP contribution in [0.15, 0.2) is 0 Å². The van der Waals surface area contributed by atoms with E-state index in [0.717, 1.165) is 43.4 Å². The second kappa shape index (κ2) is 7.42. The summed E-state index contributed by atoms with van der Waals surface area (Å²) < 4.78 is 17.7. The van der Waals surface area contributed by atoms with Crippen molar-refractivity contribution in [1.29, 1.82) is 0 Å². The smallest absolute Gasteiger partial charge is 0.309 e. The van der Waals surface area contributed by atoms with Crippen molar-refractivity contribution < 1.29 is 13.9 Å². The van der Waals surface area contributed by atoms with E-state index in [1.807, 2.05) is 0 Å². The van der Waals surface area contributed by atoms with E-state index in [2.05, 4.69) is 6.92 Å². The third kappa shape index (κ3) is 4.46. The fourth-order valence-corrected chi connectivity index (χ4v) is 3.90. The Balaban J connectivity index is 1.70. The first kappa shape index (κ1) is 15.8. The van der Waals surface area contributed by atoms with Gasteiger partial charge in [0.2, 0.25) is 0 Å². The summed E-state index contributed by atoms with van der Waals surface area (Å²) in [5.41, 5.74) is 0. The molecule has 0 bridgehead atoms. The SMILES string of the molecule is CC(F)COC(=O)C1CCC(C2CCC(C)CC2)CC1. The van der Waals surface area contributed by atoms with E-state index in [1.54, 1.807) is 0 Å². The number of carbonyl (C=O) groups excluding carboxylic acids is 1. The Morgan fingerprint density at radius 1 is 1.05 bits per heavy atom. The summed E-state index contributed by atoms with van der Waals surface area (Å²) in [7, 11) is 0. The van der Waals surface area contributed by atoms with Crippen LogP contribution < -0.4 is 0 Å².